The summed E-state index contributed by atoms with van der Waals surface area (Å²) in [6, 6.07) is 0.413. The molecule has 0 atom stereocenters. The minimum absolute atomic E-state index is 0.286. The second-order valence-electron chi connectivity index (χ2n) is 3.04. The van der Waals surface area contributed by atoms with E-state index < -0.39 is 30.3 Å². The van der Waals surface area contributed by atoms with Crippen LogP contribution in [0.1, 0.15) is 6.92 Å². The Morgan fingerprint density at radius 3 is 2.47 bits per heavy atom. The maximum Gasteiger partial charge on any atom is 0.422 e. The number of hydrogen-bond donors (Lipinski definition) is 1. The van der Waals surface area contributed by atoms with E-state index >= 15 is 0 Å². The lowest BCUT2D eigenvalue weighted by molar-refractivity contribution is -0.154. The fourth-order valence-electron chi connectivity index (χ4n) is 0.993. The van der Waals surface area contributed by atoms with E-state index in [0.29, 0.717) is 6.07 Å². The van der Waals surface area contributed by atoms with Gasteiger partial charge in [0.25, 0.3) is 5.88 Å². The molecule has 0 spiro atoms. The lowest BCUT2D eigenvalue weighted by Gasteiger charge is -2.11. The topological polar surface area (TPSA) is 34.2 Å². The zero-order valence-corrected chi connectivity index (χ0v) is 8.74. The van der Waals surface area contributed by atoms with Crippen LogP contribution in [0.15, 0.2) is 6.07 Å². The van der Waals surface area contributed by atoms with Gasteiger partial charge in [-0.05, 0) is 6.92 Å². The highest BCUT2D eigenvalue weighted by molar-refractivity contribution is 5.39. The van der Waals surface area contributed by atoms with E-state index in [-0.39, 0.29) is 12.4 Å². The molecule has 0 unspecified atom stereocenters. The van der Waals surface area contributed by atoms with E-state index in [1.54, 1.807) is 6.92 Å². The van der Waals surface area contributed by atoms with Crippen molar-refractivity contribution in [3.63, 3.8) is 0 Å². The Labute approximate surface area is 93.6 Å². The number of nitrogens with one attached hydrogen (secondary N) is 1. The smallest absolute Gasteiger partial charge is 0.422 e. The molecular formula is C9H9F5N2O. The summed E-state index contributed by atoms with van der Waals surface area (Å²) in [4.78, 5) is 3.28. The summed E-state index contributed by atoms with van der Waals surface area (Å²) in [5.74, 6) is -3.53. The van der Waals surface area contributed by atoms with Gasteiger partial charge >= 0.3 is 6.18 Å². The van der Waals surface area contributed by atoms with Crippen molar-refractivity contribution in [2.45, 2.75) is 13.1 Å². The van der Waals surface area contributed by atoms with E-state index in [1.165, 1.54) is 0 Å². The van der Waals surface area contributed by atoms with Gasteiger partial charge in [-0.3, -0.25) is 0 Å². The number of ether oxygens (including phenoxy) is 1. The first-order valence-electron chi connectivity index (χ1n) is 4.63. The Morgan fingerprint density at radius 2 is 1.94 bits per heavy atom. The Balaban J connectivity index is 2.88. The number of nitrogens with zero attached hydrogens (tertiary/aromatic N) is 1. The standard InChI is InChI=1S/C9H9F5N2O/c1-2-15-7-5(10)3-6(11)8(16-7)17-4-9(12,13)14/h3H,2,4H2,1H3,(H,15,16). The molecule has 1 aromatic heterocycles. The average molecular weight is 256 g/mol. The van der Waals surface area contributed by atoms with Gasteiger partial charge in [0.1, 0.15) is 0 Å². The van der Waals surface area contributed by atoms with Gasteiger partial charge in [0.2, 0.25) is 0 Å². The highest BCUT2D eigenvalue weighted by Gasteiger charge is 2.29. The highest BCUT2D eigenvalue weighted by Crippen LogP contribution is 2.23. The van der Waals surface area contributed by atoms with E-state index in [4.69, 9.17) is 0 Å². The number of rotatable bonds is 4. The summed E-state index contributed by atoms with van der Waals surface area (Å²) < 4.78 is 65.7. The average Bonchev–Trinajstić information content (AvgIpc) is 2.19. The molecule has 0 amide bonds. The molecule has 0 aromatic carbocycles. The number of anilines is 1. The zero-order valence-electron chi connectivity index (χ0n) is 8.74. The predicted octanol–water partition coefficient (Wildman–Crippen LogP) is 2.73. The maximum absolute atomic E-state index is 13.0. The third-order valence-corrected chi connectivity index (χ3v) is 1.61. The van der Waals surface area contributed by atoms with Gasteiger partial charge in [0.15, 0.2) is 24.1 Å². The van der Waals surface area contributed by atoms with Crippen LogP contribution in [-0.4, -0.2) is 24.3 Å². The molecule has 96 valence electrons. The molecule has 0 bridgehead atoms. The Bertz CT molecular complexity index is 394. The van der Waals surface area contributed by atoms with Crippen LogP contribution in [0.4, 0.5) is 27.8 Å². The second kappa shape index (κ2) is 5.15. The van der Waals surface area contributed by atoms with Gasteiger partial charge in [0.05, 0.1) is 0 Å². The predicted molar refractivity (Wildman–Crippen MR) is 49.9 cm³/mol. The molecule has 0 saturated carbocycles. The summed E-state index contributed by atoms with van der Waals surface area (Å²) in [6.07, 6.45) is -4.61. The van der Waals surface area contributed by atoms with Crippen molar-refractivity contribution in [2.24, 2.45) is 0 Å². The van der Waals surface area contributed by atoms with Gasteiger partial charge in [-0.2, -0.15) is 18.2 Å². The molecule has 0 aliphatic heterocycles. The summed E-state index contributed by atoms with van der Waals surface area (Å²) in [6.45, 7) is 0.225. The summed E-state index contributed by atoms with van der Waals surface area (Å²) in [5, 5.41) is 2.43. The minimum Gasteiger partial charge on any atom is -0.466 e. The fraction of sp³-hybridized carbons (Fsp3) is 0.444. The SMILES string of the molecule is CCNc1nc(OCC(F)(F)F)c(F)cc1F. The lowest BCUT2D eigenvalue weighted by Crippen LogP contribution is -2.20. The molecule has 0 fully saturated rings. The van der Waals surface area contributed by atoms with Gasteiger partial charge in [-0.1, -0.05) is 0 Å². The molecule has 1 heterocycles. The fourth-order valence-corrected chi connectivity index (χ4v) is 0.993. The number of alkyl halides is 3. The van der Waals surface area contributed by atoms with Crippen molar-refractivity contribution in [1.82, 2.24) is 4.98 Å². The lowest BCUT2D eigenvalue weighted by atomic mass is 10.4. The van der Waals surface area contributed by atoms with Crippen molar-refractivity contribution in [2.75, 3.05) is 18.5 Å². The van der Waals surface area contributed by atoms with Crippen molar-refractivity contribution in [3.8, 4) is 5.88 Å². The van der Waals surface area contributed by atoms with Crippen LogP contribution in [0.3, 0.4) is 0 Å². The first-order valence-corrected chi connectivity index (χ1v) is 4.63. The highest BCUT2D eigenvalue weighted by atomic mass is 19.4. The second-order valence-corrected chi connectivity index (χ2v) is 3.04. The largest absolute Gasteiger partial charge is 0.466 e. The quantitative estimate of drug-likeness (QED) is 0.841. The van der Waals surface area contributed by atoms with E-state index in [0.717, 1.165) is 0 Å². The Hall–Kier alpha value is -1.60. The first kappa shape index (κ1) is 13.5. The zero-order chi connectivity index (χ0) is 13.1. The van der Waals surface area contributed by atoms with Gasteiger partial charge in [0, 0.05) is 12.6 Å². The molecule has 3 nitrogen and oxygen atoms in total. The van der Waals surface area contributed by atoms with Crippen molar-refractivity contribution >= 4 is 5.82 Å². The molecule has 8 heteroatoms. The van der Waals surface area contributed by atoms with Gasteiger partial charge < -0.3 is 10.1 Å². The van der Waals surface area contributed by atoms with E-state index in [9.17, 15) is 22.0 Å². The third-order valence-electron chi connectivity index (χ3n) is 1.61. The first-order chi connectivity index (χ1) is 7.83. The van der Waals surface area contributed by atoms with Crippen molar-refractivity contribution in [3.05, 3.63) is 17.7 Å². The molecule has 0 aliphatic rings. The van der Waals surface area contributed by atoms with Gasteiger partial charge in [-0.25, -0.2) is 8.78 Å². The maximum atomic E-state index is 13.0. The molecule has 1 rings (SSSR count). The van der Waals surface area contributed by atoms with Crippen LogP contribution in [0, 0.1) is 11.6 Å². The van der Waals surface area contributed by atoms with Crippen LogP contribution in [0.2, 0.25) is 0 Å². The molecule has 1 aromatic rings. The van der Waals surface area contributed by atoms with E-state index in [1.807, 2.05) is 0 Å². The number of aromatic nitrogens is 1. The molecule has 0 aliphatic carbocycles. The van der Waals surface area contributed by atoms with Crippen LogP contribution < -0.4 is 10.1 Å². The Morgan fingerprint density at radius 1 is 1.29 bits per heavy atom. The van der Waals surface area contributed by atoms with E-state index in [2.05, 4.69) is 15.0 Å². The van der Waals surface area contributed by atoms with Crippen LogP contribution in [-0.2, 0) is 0 Å². The Kier molecular flexibility index (Phi) is 4.08. The summed E-state index contributed by atoms with van der Waals surface area (Å²) >= 11 is 0. The number of hydrogen-bond acceptors (Lipinski definition) is 3. The van der Waals surface area contributed by atoms with Crippen molar-refractivity contribution < 1.29 is 26.7 Å². The third kappa shape index (κ3) is 4.04. The molecule has 17 heavy (non-hydrogen) atoms. The summed E-state index contributed by atoms with van der Waals surface area (Å²) in [5.41, 5.74) is 0. The molecule has 1 N–H and O–H groups in total. The van der Waals surface area contributed by atoms with Crippen LogP contribution in [0.25, 0.3) is 0 Å². The van der Waals surface area contributed by atoms with Crippen LogP contribution >= 0.6 is 0 Å². The van der Waals surface area contributed by atoms with Crippen LogP contribution in [0.5, 0.6) is 5.88 Å². The summed E-state index contributed by atoms with van der Waals surface area (Å²) in [7, 11) is 0. The number of halogens is 5. The molecule has 0 saturated heterocycles. The number of pyridine rings is 1. The van der Waals surface area contributed by atoms with Crippen molar-refractivity contribution in [1.29, 1.82) is 0 Å². The molecular weight excluding hydrogens is 247 g/mol. The normalized spacial score (nSPS) is 11.4. The minimum atomic E-state index is -4.61. The van der Waals surface area contributed by atoms with Gasteiger partial charge in [-0.15, -0.1) is 0 Å². The monoisotopic (exact) mass is 256 g/mol. The molecule has 0 radical (unpaired) electrons.